The summed E-state index contributed by atoms with van der Waals surface area (Å²) >= 11 is 0. The van der Waals surface area contributed by atoms with Crippen molar-refractivity contribution in [3.05, 3.63) is 35.4 Å². The van der Waals surface area contributed by atoms with Gasteiger partial charge in [0.15, 0.2) is 0 Å². The van der Waals surface area contributed by atoms with Crippen molar-refractivity contribution in [2.75, 3.05) is 7.11 Å². The minimum atomic E-state index is -0.509. The summed E-state index contributed by atoms with van der Waals surface area (Å²) in [6.07, 6.45) is -0.169. The van der Waals surface area contributed by atoms with Gasteiger partial charge in [0.05, 0.1) is 20.0 Å². The molecule has 1 atom stereocenters. The third-order valence-electron chi connectivity index (χ3n) is 2.59. The van der Waals surface area contributed by atoms with Gasteiger partial charge in [-0.25, -0.2) is 0 Å². The van der Waals surface area contributed by atoms with E-state index in [1.165, 1.54) is 7.11 Å². The highest BCUT2D eigenvalue weighted by Crippen LogP contribution is 2.30. The average Bonchev–Trinajstić information content (AvgIpc) is 2.28. The van der Waals surface area contributed by atoms with Crippen LogP contribution in [-0.2, 0) is 25.5 Å². The maximum Gasteiger partial charge on any atom is 0.310 e. The molecular weight excluding hydrogens is 208 g/mol. The molecule has 1 aliphatic rings. The fraction of sp³-hybridized carbons (Fsp3) is 0.333. The van der Waals surface area contributed by atoms with Crippen molar-refractivity contribution >= 4 is 11.9 Å². The predicted octanol–water partition coefficient (Wildman–Crippen LogP) is 1.39. The lowest BCUT2D eigenvalue weighted by Gasteiger charge is -2.24. The summed E-state index contributed by atoms with van der Waals surface area (Å²) in [4.78, 5) is 22.5. The van der Waals surface area contributed by atoms with Gasteiger partial charge in [0.25, 0.3) is 0 Å². The smallest absolute Gasteiger partial charge is 0.310 e. The fourth-order valence-corrected chi connectivity index (χ4v) is 1.81. The van der Waals surface area contributed by atoms with Gasteiger partial charge in [0.1, 0.15) is 6.10 Å². The maximum absolute atomic E-state index is 11.3. The highest BCUT2D eigenvalue weighted by Gasteiger charge is 2.28. The van der Waals surface area contributed by atoms with Gasteiger partial charge in [0, 0.05) is 0 Å². The lowest BCUT2D eigenvalue weighted by Crippen LogP contribution is -2.23. The number of carbonyl (C=O) groups excluding carboxylic acids is 2. The Morgan fingerprint density at radius 2 is 2.25 bits per heavy atom. The van der Waals surface area contributed by atoms with E-state index in [0.29, 0.717) is 0 Å². The monoisotopic (exact) mass is 220 g/mol. The number of cyclic esters (lactones) is 1. The van der Waals surface area contributed by atoms with Gasteiger partial charge in [-0.3, -0.25) is 9.59 Å². The minimum absolute atomic E-state index is 0.0687. The Kier molecular flexibility index (Phi) is 2.90. The molecule has 0 fully saturated rings. The zero-order chi connectivity index (χ0) is 11.5. The summed E-state index contributed by atoms with van der Waals surface area (Å²) in [5.74, 6) is -0.679. The SMILES string of the molecule is COC(=O)CC1OC(=O)Cc2ccccc21. The van der Waals surface area contributed by atoms with Gasteiger partial charge in [-0.05, 0) is 11.1 Å². The Labute approximate surface area is 93.2 Å². The van der Waals surface area contributed by atoms with Crippen LogP contribution in [0.2, 0.25) is 0 Å². The second-order valence-electron chi connectivity index (χ2n) is 3.63. The molecule has 0 bridgehead atoms. The molecule has 4 nitrogen and oxygen atoms in total. The molecular formula is C12H12O4. The lowest BCUT2D eigenvalue weighted by atomic mass is 9.95. The van der Waals surface area contributed by atoms with Gasteiger partial charge < -0.3 is 9.47 Å². The van der Waals surface area contributed by atoms with Crippen molar-refractivity contribution in [2.45, 2.75) is 18.9 Å². The first-order valence-corrected chi connectivity index (χ1v) is 5.05. The minimum Gasteiger partial charge on any atom is -0.469 e. The third-order valence-corrected chi connectivity index (χ3v) is 2.59. The number of hydrogen-bond acceptors (Lipinski definition) is 4. The van der Waals surface area contributed by atoms with Crippen molar-refractivity contribution in [3.8, 4) is 0 Å². The summed E-state index contributed by atoms with van der Waals surface area (Å²) in [6.45, 7) is 0. The highest BCUT2D eigenvalue weighted by molar-refractivity contribution is 5.77. The lowest BCUT2D eigenvalue weighted by molar-refractivity contribution is -0.155. The van der Waals surface area contributed by atoms with Crippen LogP contribution < -0.4 is 0 Å². The maximum atomic E-state index is 11.3. The molecule has 1 unspecified atom stereocenters. The second-order valence-corrected chi connectivity index (χ2v) is 3.63. The van der Waals surface area contributed by atoms with Crippen LogP contribution in [0.4, 0.5) is 0 Å². The molecule has 4 heteroatoms. The van der Waals surface area contributed by atoms with E-state index in [9.17, 15) is 9.59 Å². The number of methoxy groups -OCH3 is 1. The van der Waals surface area contributed by atoms with Crippen molar-refractivity contribution in [3.63, 3.8) is 0 Å². The molecule has 16 heavy (non-hydrogen) atoms. The topological polar surface area (TPSA) is 52.6 Å². The molecule has 1 aromatic carbocycles. The number of hydrogen-bond donors (Lipinski definition) is 0. The summed E-state index contributed by atoms with van der Waals surface area (Å²) in [7, 11) is 1.32. The largest absolute Gasteiger partial charge is 0.469 e. The van der Waals surface area contributed by atoms with Crippen LogP contribution in [-0.4, -0.2) is 19.0 Å². The molecule has 0 aromatic heterocycles. The normalized spacial score (nSPS) is 18.6. The van der Waals surface area contributed by atoms with E-state index in [1.807, 2.05) is 24.3 Å². The van der Waals surface area contributed by atoms with Gasteiger partial charge in [0.2, 0.25) is 0 Å². The molecule has 0 spiro atoms. The van der Waals surface area contributed by atoms with Crippen LogP contribution in [0.5, 0.6) is 0 Å². The van der Waals surface area contributed by atoms with Crippen molar-refractivity contribution in [1.82, 2.24) is 0 Å². The Balaban J connectivity index is 2.26. The summed E-state index contributed by atoms with van der Waals surface area (Å²) < 4.78 is 9.72. The Morgan fingerprint density at radius 1 is 1.50 bits per heavy atom. The Bertz CT molecular complexity index is 425. The predicted molar refractivity (Wildman–Crippen MR) is 55.6 cm³/mol. The quantitative estimate of drug-likeness (QED) is 0.707. The molecule has 1 aromatic rings. The Hall–Kier alpha value is -1.84. The van der Waals surface area contributed by atoms with Gasteiger partial charge in [-0.1, -0.05) is 24.3 Å². The van der Waals surface area contributed by atoms with Gasteiger partial charge in [-0.15, -0.1) is 0 Å². The molecule has 1 aliphatic heterocycles. The molecule has 0 radical (unpaired) electrons. The van der Waals surface area contributed by atoms with E-state index in [-0.39, 0.29) is 24.8 Å². The number of ether oxygens (including phenoxy) is 2. The van der Waals surface area contributed by atoms with Crippen molar-refractivity contribution in [1.29, 1.82) is 0 Å². The van der Waals surface area contributed by atoms with Crippen LogP contribution in [0.3, 0.4) is 0 Å². The van der Waals surface area contributed by atoms with E-state index in [4.69, 9.17) is 4.74 Å². The van der Waals surface area contributed by atoms with Crippen molar-refractivity contribution < 1.29 is 19.1 Å². The summed E-state index contributed by atoms with van der Waals surface area (Å²) in [5, 5.41) is 0. The van der Waals surface area contributed by atoms with E-state index < -0.39 is 6.10 Å². The van der Waals surface area contributed by atoms with Crippen LogP contribution in [0.1, 0.15) is 23.7 Å². The first kappa shape index (κ1) is 10.7. The van der Waals surface area contributed by atoms with Crippen LogP contribution in [0.15, 0.2) is 24.3 Å². The number of carbonyl (C=O) groups is 2. The molecule has 0 N–H and O–H groups in total. The molecule has 1 heterocycles. The first-order chi connectivity index (χ1) is 7.70. The van der Waals surface area contributed by atoms with Crippen molar-refractivity contribution in [2.24, 2.45) is 0 Å². The number of benzene rings is 1. The molecule has 84 valence electrons. The molecule has 0 amide bonds. The summed E-state index contributed by atoms with van der Waals surface area (Å²) in [5.41, 5.74) is 1.82. The van der Waals surface area contributed by atoms with E-state index in [1.54, 1.807) is 0 Å². The molecule has 0 saturated heterocycles. The van der Waals surface area contributed by atoms with Crippen LogP contribution >= 0.6 is 0 Å². The number of rotatable bonds is 2. The van der Waals surface area contributed by atoms with E-state index in [2.05, 4.69) is 4.74 Å². The summed E-state index contributed by atoms with van der Waals surface area (Å²) in [6, 6.07) is 7.48. The standard InChI is InChI=1S/C12H12O4/c1-15-11(13)7-10-9-5-3-2-4-8(9)6-12(14)16-10/h2-5,10H,6-7H2,1H3. The molecule has 0 aliphatic carbocycles. The van der Waals surface area contributed by atoms with E-state index in [0.717, 1.165) is 11.1 Å². The first-order valence-electron chi connectivity index (χ1n) is 5.05. The molecule has 0 saturated carbocycles. The number of fused-ring (bicyclic) bond motifs is 1. The fourth-order valence-electron chi connectivity index (χ4n) is 1.81. The van der Waals surface area contributed by atoms with E-state index >= 15 is 0 Å². The van der Waals surface area contributed by atoms with Gasteiger partial charge >= 0.3 is 11.9 Å². The zero-order valence-corrected chi connectivity index (χ0v) is 8.93. The molecule has 2 rings (SSSR count). The third kappa shape index (κ3) is 2.05. The Morgan fingerprint density at radius 3 is 3.00 bits per heavy atom. The zero-order valence-electron chi connectivity index (χ0n) is 8.93. The van der Waals surface area contributed by atoms with Crippen LogP contribution in [0.25, 0.3) is 0 Å². The average molecular weight is 220 g/mol. The van der Waals surface area contributed by atoms with Crippen LogP contribution in [0, 0.1) is 0 Å². The van der Waals surface area contributed by atoms with Gasteiger partial charge in [-0.2, -0.15) is 0 Å². The highest BCUT2D eigenvalue weighted by atomic mass is 16.6. The number of esters is 2. The second kappa shape index (κ2) is 4.35.